The van der Waals surface area contributed by atoms with Crippen LogP contribution < -0.4 is 10.6 Å². The highest BCUT2D eigenvalue weighted by atomic mass is 16.3. The van der Waals surface area contributed by atoms with Crippen molar-refractivity contribution in [2.24, 2.45) is 0 Å². The van der Waals surface area contributed by atoms with Crippen molar-refractivity contribution in [3.05, 3.63) is 23.8 Å². The van der Waals surface area contributed by atoms with Gasteiger partial charge in [-0.25, -0.2) is 0 Å². The Balaban J connectivity index is 2.17. The van der Waals surface area contributed by atoms with Gasteiger partial charge < -0.3 is 15.7 Å². The van der Waals surface area contributed by atoms with E-state index in [1.807, 2.05) is 0 Å². The van der Waals surface area contributed by atoms with Crippen molar-refractivity contribution >= 4 is 23.2 Å². The summed E-state index contributed by atoms with van der Waals surface area (Å²) < 4.78 is 0. The largest absolute Gasteiger partial charge is 0.381 e. The van der Waals surface area contributed by atoms with Gasteiger partial charge in [0.1, 0.15) is 5.60 Å². The van der Waals surface area contributed by atoms with Crippen molar-refractivity contribution in [1.29, 1.82) is 0 Å². The Hall–Kier alpha value is -1.88. The predicted molar refractivity (Wildman–Crippen MR) is 63.7 cm³/mol. The molecule has 1 aliphatic heterocycles. The number of carbonyl (C=O) groups excluding carboxylic acids is 2. The van der Waals surface area contributed by atoms with E-state index in [9.17, 15) is 14.7 Å². The topological polar surface area (TPSA) is 78.4 Å². The zero-order valence-corrected chi connectivity index (χ0v) is 9.70. The second-order valence-electron chi connectivity index (χ2n) is 4.61. The highest BCUT2D eigenvalue weighted by molar-refractivity contribution is 6.01. The molecular weight excluding hydrogens is 220 g/mol. The third kappa shape index (κ3) is 2.45. The average molecular weight is 234 g/mol. The Morgan fingerprint density at radius 2 is 2.18 bits per heavy atom. The zero-order valence-electron chi connectivity index (χ0n) is 9.70. The predicted octanol–water partition coefficient (Wildman–Crippen LogP) is 0.891. The maximum atomic E-state index is 11.6. The number of aliphatic hydroxyl groups is 1. The molecule has 1 aromatic carbocycles. The van der Waals surface area contributed by atoms with Crippen molar-refractivity contribution in [3.8, 4) is 0 Å². The van der Waals surface area contributed by atoms with Gasteiger partial charge in [-0.2, -0.15) is 0 Å². The molecule has 5 heteroatoms. The Kier molecular flexibility index (Phi) is 2.63. The van der Waals surface area contributed by atoms with Gasteiger partial charge in [-0.3, -0.25) is 9.59 Å². The molecule has 0 fully saturated rings. The van der Waals surface area contributed by atoms with E-state index in [1.54, 1.807) is 18.2 Å². The number of anilines is 2. The van der Waals surface area contributed by atoms with Gasteiger partial charge in [0.2, 0.25) is 5.91 Å². The lowest BCUT2D eigenvalue weighted by molar-refractivity contribution is -0.130. The maximum absolute atomic E-state index is 11.6. The standard InChI is InChI=1S/C12H14N2O3/c1-12(2,17)11(16)13-8-3-4-9-7(5-8)6-10(15)14-9/h3-5,17H,6H2,1-2H3,(H,13,16)(H,14,15). The first-order valence-corrected chi connectivity index (χ1v) is 5.33. The number of fused-ring (bicyclic) bond motifs is 1. The van der Waals surface area contributed by atoms with E-state index in [1.165, 1.54) is 13.8 Å². The summed E-state index contributed by atoms with van der Waals surface area (Å²) in [5.41, 5.74) is 0.778. The third-order valence-corrected chi connectivity index (χ3v) is 2.54. The molecule has 0 atom stereocenters. The van der Waals surface area contributed by atoms with Crippen molar-refractivity contribution in [2.45, 2.75) is 25.9 Å². The second-order valence-corrected chi connectivity index (χ2v) is 4.61. The van der Waals surface area contributed by atoms with Crippen molar-refractivity contribution in [3.63, 3.8) is 0 Å². The summed E-state index contributed by atoms with van der Waals surface area (Å²) in [5.74, 6) is -0.527. The molecule has 0 radical (unpaired) electrons. The smallest absolute Gasteiger partial charge is 0.255 e. The summed E-state index contributed by atoms with van der Waals surface area (Å²) in [6, 6.07) is 5.16. The zero-order chi connectivity index (χ0) is 12.6. The summed E-state index contributed by atoms with van der Waals surface area (Å²) >= 11 is 0. The maximum Gasteiger partial charge on any atom is 0.255 e. The van der Waals surface area contributed by atoms with Crippen LogP contribution >= 0.6 is 0 Å². The van der Waals surface area contributed by atoms with Crippen LogP contribution in [0.4, 0.5) is 11.4 Å². The van der Waals surface area contributed by atoms with E-state index in [0.29, 0.717) is 12.1 Å². The average Bonchev–Trinajstić information content (AvgIpc) is 2.55. The molecule has 90 valence electrons. The quantitative estimate of drug-likeness (QED) is 0.711. The van der Waals surface area contributed by atoms with Crippen LogP contribution in [0.5, 0.6) is 0 Å². The van der Waals surface area contributed by atoms with Crippen molar-refractivity contribution < 1.29 is 14.7 Å². The molecule has 0 saturated heterocycles. The fourth-order valence-electron chi connectivity index (χ4n) is 1.59. The first-order valence-electron chi connectivity index (χ1n) is 5.33. The normalized spacial score (nSPS) is 14.2. The number of hydrogen-bond donors (Lipinski definition) is 3. The van der Waals surface area contributed by atoms with Crippen LogP contribution in [0.1, 0.15) is 19.4 Å². The van der Waals surface area contributed by atoms with Crippen molar-refractivity contribution in [2.75, 3.05) is 10.6 Å². The Bertz CT molecular complexity index is 489. The summed E-state index contributed by atoms with van der Waals surface area (Å²) in [4.78, 5) is 22.7. The molecule has 0 saturated carbocycles. The Morgan fingerprint density at radius 1 is 1.47 bits per heavy atom. The van der Waals surface area contributed by atoms with Crippen LogP contribution in [-0.4, -0.2) is 22.5 Å². The van der Waals surface area contributed by atoms with E-state index in [4.69, 9.17) is 0 Å². The number of carbonyl (C=O) groups is 2. The number of amides is 2. The third-order valence-electron chi connectivity index (χ3n) is 2.54. The molecule has 1 heterocycles. The lowest BCUT2D eigenvalue weighted by Gasteiger charge is -2.16. The summed E-state index contributed by atoms with van der Waals surface area (Å²) in [5, 5.41) is 14.8. The minimum absolute atomic E-state index is 0.0500. The second kappa shape index (κ2) is 3.85. The van der Waals surface area contributed by atoms with Crippen LogP contribution in [0, 0.1) is 0 Å². The molecule has 17 heavy (non-hydrogen) atoms. The van der Waals surface area contributed by atoms with Gasteiger partial charge in [-0.1, -0.05) is 0 Å². The molecule has 1 aliphatic rings. The van der Waals surface area contributed by atoms with E-state index in [-0.39, 0.29) is 5.91 Å². The van der Waals surface area contributed by atoms with Gasteiger partial charge >= 0.3 is 0 Å². The molecule has 0 bridgehead atoms. The Labute approximate surface area is 98.8 Å². The Morgan fingerprint density at radius 3 is 2.82 bits per heavy atom. The lowest BCUT2D eigenvalue weighted by Crippen LogP contribution is -2.36. The van der Waals surface area contributed by atoms with Crippen molar-refractivity contribution in [1.82, 2.24) is 0 Å². The van der Waals surface area contributed by atoms with Gasteiger partial charge in [0.15, 0.2) is 0 Å². The first-order chi connectivity index (χ1) is 7.86. The lowest BCUT2D eigenvalue weighted by atomic mass is 10.1. The minimum Gasteiger partial charge on any atom is -0.381 e. The van der Waals surface area contributed by atoms with Crippen LogP contribution in [0.2, 0.25) is 0 Å². The molecular formula is C12H14N2O3. The monoisotopic (exact) mass is 234 g/mol. The van der Waals surface area contributed by atoms with Gasteiger partial charge in [0.05, 0.1) is 6.42 Å². The van der Waals surface area contributed by atoms with Crippen LogP contribution in [0.3, 0.4) is 0 Å². The van der Waals surface area contributed by atoms with E-state index < -0.39 is 11.5 Å². The van der Waals surface area contributed by atoms with Crippen LogP contribution in [0.15, 0.2) is 18.2 Å². The molecule has 2 amide bonds. The van der Waals surface area contributed by atoms with E-state index >= 15 is 0 Å². The summed E-state index contributed by atoms with van der Waals surface area (Å²) in [6.45, 7) is 2.83. The van der Waals surface area contributed by atoms with Crippen LogP contribution in [-0.2, 0) is 16.0 Å². The molecule has 0 unspecified atom stereocenters. The molecule has 0 aliphatic carbocycles. The van der Waals surface area contributed by atoms with E-state index in [0.717, 1.165) is 11.3 Å². The molecule has 0 aromatic heterocycles. The highest BCUT2D eigenvalue weighted by Gasteiger charge is 2.24. The molecule has 0 spiro atoms. The number of hydrogen-bond acceptors (Lipinski definition) is 3. The highest BCUT2D eigenvalue weighted by Crippen LogP contribution is 2.26. The fourth-order valence-corrected chi connectivity index (χ4v) is 1.59. The SMILES string of the molecule is CC(C)(O)C(=O)Nc1ccc2c(c1)CC(=O)N2. The summed E-state index contributed by atoms with van der Waals surface area (Å²) in [7, 11) is 0. The first kappa shape index (κ1) is 11.6. The molecule has 3 N–H and O–H groups in total. The number of rotatable bonds is 2. The van der Waals surface area contributed by atoms with Gasteiger partial charge in [-0.05, 0) is 37.6 Å². The molecule has 1 aromatic rings. The molecule has 2 rings (SSSR count). The minimum atomic E-state index is -1.42. The molecule has 5 nitrogen and oxygen atoms in total. The number of benzene rings is 1. The summed E-state index contributed by atoms with van der Waals surface area (Å²) in [6.07, 6.45) is 0.321. The van der Waals surface area contributed by atoms with E-state index in [2.05, 4.69) is 10.6 Å². The van der Waals surface area contributed by atoms with Gasteiger partial charge in [0, 0.05) is 11.4 Å². The van der Waals surface area contributed by atoms with Gasteiger partial charge in [-0.15, -0.1) is 0 Å². The van der Waals surface area contributed by atoms with Crippen LogP contribution in [0.25, 0.3) is 0 Å². The number of nitrogens with one attached hydrogen (secondary N) is 2. The fraction of sp³-hybridized carbons (Fsp3) is 0.333. The van der Waals surface area contributed by atoms with Gasteiger partial charge in [0.25, 0.3) is 5.91 Å².